The smallest absolute Gasteiger partial charge is 0.251 e. The Morgan fingerprint density at radius 1 is 1.10 bits per heavy atom. The zero-order chi connectivity index (χ0) is 20.3. The Bertz CT molecular complexity index is 1100. The van der Waals surface area contributed by atoms with Crippen molar-refractivity contribution in [2.24, 2.45) is 0 Å². The first kappa shape index (κ1) is 19.6. The number of carbonyl (C=O) groups is 1. The third-order valence-electron chi connectivity index (χ3n) is 5.20. The minimum absolute atomic E-state index is 0.0476. The van der Waals surface area contributed by atoms with E-state index < -0.39 is 10.0 Å². The number of benzene rings is 2. The highest BCUT2D eigenvalue weighted by Gasteiger charge is 2.22. The van der Waals surface area contributed by atoms with Crippen LogP contribution >= 0.6 is 0 Å². The molecule has 0 bridgehead atoms. The third-order valence-corrected chi connectivity index (χ3v) is 6.74. The van der Waals surface area contributed by atoms with Gasteiger partial charge in [0.2, 0.25) is 10.0 Å². The van der Waals surface area contributed by atoms with E-state index in [2.05, 4.69) is 15.0 Å². The van der Waals surface area contributed by atoms with Crippen molar-refractivity contribution in [1.29, 1.82) is 0 Å². The maximum atomic E-state index is 12.5. The van der Waals surface area contributed by atoms with Gasteiger partial charge in [0.15, 0.2) is 12.0 Å². The fraction of sp³-hybridized carbons (Fsp3) is 0.333. The summed E-state index contributed by atoms with van der Waals surface area (Å²) in [4.78, 5) is 16.6. The topological polar surface area (TPSA) is 101 Å². The molecule has 1 saturated carbocycles. The van der Waals surface area contributed by atoms with Gasteiger partial charge in [-0.1, -0.05) is 25.0 Å². The largest absolute Gasteiger partial charge is 0.443 e. The number of nitrogens with zero attached hydrogens (tertiary/aromatic N) is 1. The zero-order valence-corrected chi connectivity index (χ0v) is 16.7. The fourth-order valence-corrected chi connectivity index (χ4v) is 4.89. The van der Waals surface area contributed by atoms with Crippen LogP contribution in [-0.2, 0) is 16.4 Å². The summed E-state index contributed by atoms with van der Waals surface area (Å²) in [6.45, 7) is 0.447. The molecule has 0 saturated heterocycles. The Labute approximate surface area is 169 Å². The number of hydrogen-bond acceptors (Lipinski definition) is 5. The van der Waals surface area contributed by atoms with Crippen LogP contribution in [0.4, 0.5) is 0 Å². The number of hydrogen-bond donors (Lipinski definition) is 2. The van der Waals surface area contributed by atoms with E-state index in [-0.39, 0.29) is 16.8 Å². The van der Waals surface area contributed by atoms with Crippen molar-refractivity contribution in [1.82, 2.24) is 15.0 Å². The van der Waals surface area contributed by atoms with Gasteiger partial charge in [0.25, 0.3) is 5.91 Å². The molecule has 4 rings (SSSR count). The molecule has 2 N–H and O–H groups in total. The Hall–Kier alpha value is -2.71. The van der Waals surface area contributed by atoms with Gasteiger partial charge in [-0.25, -0.2) is 18.1 Å². The van der Waals surface area contributed by atoms with Gasteiger partial charge in [0.05, 0.1) is 4.90 Å². The SMILES string of the molecule is O=C(NCCc1ccc(S(=O)(=O)NC2CCCC2)cc1)c1ccc2ocnc2c1. The van der Waals surface area contributed by atoms with Crippen LogP contribution in [0, 0.1) is 0 Å². The second-order valence-corrected chi connectivity index (χ2v) is 9.00. The molecule has 8 heteroatoms. The molecule has 1 heterocycles. The van der Waals surface area contributed by atoms with E-state index in [0.717, 1.165) is 31.2 Å². The Balaban J connectivity index is 1.31. The predicted molar refractivity (Wildman–Crippen MR) is 109 cm³/mol. The summed E-state index contributed by atoms with van der Waals surface area (Å²) in [5, 5.41) is 2.87. The third kappa shape index (κ3) is 4.65. The fourth-order valence-electron chi connectivity index (χ4n) is 3.59. The summed E-state index contributed by atoms with van der Waals surface area (Å²) in [7, 11) is -3.48. The van der Waals surface area contributed by atoms with Gasteiger partial charge in [0.1, 0.15) is 5.52 Å². The van der Waals surface area contributed by atoms with Crippen LogP contribution in [0.5, 0.6) is 0 Å². The van der Waals surface area contributed by atoms with Crippen LogP contribution in [0.2, 0.25) is 0 Å². The number of carbonyl (C=O) groups excluding carboxylic acids is 1. The quantitative estimate of drug-likeness (QED) is 0.620. The molecule has 29 heavy (non-hydrogen) atoms. The molecule has 1 amide bonds. The van der Waals surface area contributed by atoms with Crippen LogP contribution in [-0.4, -0.2) is 31.9 Å². The van der Waals surface area contributed by atoms with Crippen LogP contribution in [0.15, 0.2) is 58.2 Å². The summed E-state index contributed by atoms with van der Waals surface area (Å²) in [6.07, 6.45) is 5.91. The summed E-state index contributed by atoms with van der Waals surface area (Å²) in [6, 6.07) is 12.0. The molecule has 3 aromatic rings. The normalized spacial score (nSPS) is 15.0. The van der Waals surface area contributed by atoms with Gasteiger partial charge in [-0.3, -0.25) is 4.79 Å². The highest BCUT2D eigenvalue weighted by Crippen LogP contribution is 2.20. The lowest BCUT2D eigenvalue weighted by molar-refractivity contribution is 0.0954. The van der Waals surface area contributed by atoms with E-state index >= 15 is 0 Å². The van der Waals surface area contributed by atoms with Crippen LogP contribution < -0.4 is 10.0 Å². The van der Waals surface area contributed by atoms with Gasteiger partial charge in [-0.2, -0.15) is 0 Å². The van der Waals surface area contributed by atoms with Crippen molar-refractivity contribution in [3.63, 3.8) is 0 Å². The molecule has 152 valence electrons. The summed E-state index contributed by atoms with van der Waals surface area (Å²) < 4.78 is 32.9. The molecule has 1 aliphatic rings. The average Bonchev–Trinajstić information content (AvgIpc) is 3.39. The predicted octanol–water partition coefficient (Wildman–Crippen LogP) is 3.02. The molecule has 1 fully saturated rings. The van der Waals surface area contributed by atoms with Crippen molar-refractivity contribution < 1.29 is 17.6 Å². The Kier molecular flexibility index (Phi) is 5.64. The monoisotopic (exact) mass is 413 g/mol. The molecular weight excluding hydrogens is 390 g/mol. The van der Waals surface area contributed by atoms with Crippen LogP contribution in [0.3, 0.4) is 0 Å². The molecule has 0 radical (unpaired) electrons. The minimum Gasteiger partial charge on any atom is -0.443 e. The molecule has 0 aliphatic heterocycles. The van der Waals surface area contributed by atoms with E-state index in [4.69, 9.17) is 4.42 Å². The number of sulfonamides is 1. The van der Waals surface area contributed by atoms with Crippen molar-refractivity contribution >= 4 is 27.0 Å². The van der Waals surface area contributed by atoms with Crippen molar-refractivity contribution in [3.05, 3.63) is 60.0 Å². The molecule has 0 unspecified atom stereocenters. The Morgan fingerprint density at radius 3 is 2.62 bits per heavy atom. The zero-order valence-electron chi connectivity index (χ0n) is 15.9. The lowest BCUT2D eigenvalue weighted by Gasteiger charge is -2.13. The second kappa shape index (κ2) is 8.34. The first-order valence-electron chi connectivity index (χ1n) is 9.74. The van der Waals surface area contributed by atoms with Gasteiger partial charge in [-0.05, 0) is 55.2 Å². The standard InChI is InChI=1S/C21H23N3O4S/c25-21(16-7-10-20-19(13-16)23-14-28-20)22-12-11-15-5-8-18(9-6-15)29(26,27)24-17-3-1-2-4-17/h5-10,13-14,17,24H,1-4,11-12H2,(H,22,25). The average molecular weight is 413 g/mol. The lowest BCUT2D eigenvalue weighted by atomic mass is 10.1. The minimum atomic E-state index is -3.48. The van der Waals surface area contributed by atoms with Gasteiger partial charge in [0, 0.05) is 18.2 Å². The molecule has 2 aromatic carbocycles. The van der Waals surface area contributed by atoms with Crippen LogP contribution in [0.1, 0.15) is 41.6 Å². The first-order valence-corrected chi connectivity index (χ1v) is 11.2. The number of aromatic nitrogens is 1. The van der Waals surface area contributed by atoms with E-state index in [0.29, 0.717) is 29.6 Å². The van der Waals surface area contributed by atoms with E-state index in [1.54, 1.807) is 42.5 Å². The highest BCUT2D eigenvalue weighted by molar-refractivity contribution is 7.89. The summed E-state index contributed by atoms with van der Waals surface area (Å²) in [5.41, 5.74) is 2.75. The van der Waals surface area contributed by atoms with E-state index in [9.17, 15) is 13.2 Å². The van der Waals surface area contributed by atoms with Gasteiger partial charge >= 0.3 is 0 Å². The maximum absolute atomic E-state index is 12.5. The number of rotatable bonds is 7. The molecule has 1 aromatic heterocycles. The van der Waals surface area contributed by atoms with Crippen molar-refractivity contribution in [2.45, 2.75) is 43.0 Å². The van der Waals surface area contributed by atoms with Gasteiger partial charge in [-0.15, -0.1) is 0 Å². The number of oxazole rings is 1. The van der Waals surface area contributed by atoms with Crippen molar-refractivity contribution in [3.8, 4) is 0 Å². The maximum Gasteiger partial charge on any atom is 0.251 e. The molecular formula is C21H23N3O4S. The summed E-state index contributed by atoms with van der Waals surface area (Å²) >= 11 is 0. The molecule has 0 atom stereocenters. The molecule has 7 nitrogen and oxygen atoms in total. The van der Waals surface area contributed by atoms with Crippen LogP contribution in [0.25, 0.3) is 11.1 Å². The second-order valence-electron chi connectivity index (χ2n) is 7.29. The highest BCUT2D eigenvalue weighted by atomic mass is 32.2. The lowest BCUT2D eigenvalue weighted by Crippen LogP contribution is -2.32. The van der Waals surface area contributed by atoms with E-state index in [1.807, 2.05) is 0 Å². The van der Waals surface area contributed by atoms with Gasteiger partial charge < -0.3 is 9.73 Å². The number of amides is 1. The summed E-state index contributed by atoms with van der Waals surface area (Å²) in [5.74, 6) is -0.185. The first-order chi connectivity index (χ1) is 14.0. The number of nitrogens with one attached hydrogen (secondary N) is 2. The van der Waals surface area contributed by atoms with E-state index in [1.165, 1.54) is 6.39 Å². The number of fused-ring (bicyclic) bond motifs is 1. The van der Waals surface area contributed by atoms with Crippen molar-refractivity contribution in [2.75, 3.05) is 6.54 Å². The molecule has 1 aliphatic carbocycles. The Morgan fingerprint density at radius 2 is 1.86 bits per heavy atom. The molecule has 0 spiro atoms.